The quantitative estimate of drug-likeness (QED) is 0.789. The van der Waals surface area contributed by atoms with E-state index in [-0.39, 0.29) is 18.5 Å². The normalized spacial score (nSPS) is 13.2. The highest BCUT2D eigenvalue weighted by Crippen LogP contribution is 2.25. The molecule has 2 unspecified atom stereocenters. The van der Waals surface area contributed by atoms with Crippen LogP contribution in [0.25, 0.3) is 0 Å². The minimum absolute atomic E-state index is 0.157. The summed E-state index contributed by atoms with van der Waals surface area (Å²) in [6.07, 6.45) is 4.47. The summed E-state index contributed by atoms with van der Waals surface area (Å²) in [4.78, 5) is 11.7. The molecule has 0 heterocycles. The zero-order valence-corrected chi connectivity index (χ0v) is 11.6. The monoisotopic (exact) mass is 260 g/mol. The zero-order valence-electron chi connectivity index (χ0n) is 11.6. The van der Waals surface area contributed by atoms with E-state index in [0.717, 1.165) is 11.1 Å². The molecule has 0 saturated heterocycles. The Morgan fingerprint density at radius 2 is 2.21 bits per heavy atom. The molecule has 0 aliphatic heterocycles. The van der Waals surface area contributed by atoms with Gasteiger partial charge in [-0.2, -0.15) is 0 Å². The van der Waals surface area contributed by atoms with Crippen LogP contribution in [0.2, 0.25) is 0 Å². The van der Waals surface area contributed by atoms with Crippen LogP contribution < -0.4 is 15.8 Å². The highest BCUT2D eigenvalue weighted by molar-refractivity contribution is 5.80. The van der Waals surface area contributed by atoms with Gasteiger partial charge in [0.25, 0.3) is 5.91 Å². The zero-order chi connectivity index (χ0) is 14.4. The number of benzene rings is 1. The van der Waals surface area contributed by atoms with Crippen molar-refractivity contribution in [2.24, 2.45) is 5.73 Å². The number of amides is 1. The van der Waals surface area contributed by atoms with Crippen molar-refractivity contribution in [3.63, 3.8) is 0 Å². The maximum atomic E-state index is 11.7. The molecule has 19 heavy (non-hydrogen) atoms. The summed E-state index contributed by atoms with van der Waals surface area (Å²) < 4.78 is 5.66. The number of hydrogen-bond acceptors (Lipinski definition) is 3. The van der Waals surface area contributed by atoms with Gasteiger partial charge in [0, 0.05) is 11.6 Å². The number of carbonyl (C=O) groups is 1. The maximum absolute atomic E-state index is 11.7. The summed E-state index contributed by atoms with van der Waals surface area (Å²) in [5.74, 6) is 2.73. The van der Waals surface area contributed by atoms with Gasteiger partial charge < -0.3 is 15.8 Å². The number of nitrogens with two attached hydrogens (primary N) is 1. The number of hydrogen-bond donors (Lipinski definition) is 2. The van der Waals surface area contributed by atoms with Crippen molar-refractivity contribution in [3.8, 4) is 18.1 Å². The number of terminal acetylenes is 1. The van der Waals surface area contributed by atoms with E-state index < -0.39 is 6.10 Å². The van der Waals surface area contributed by atoms with Crippen molar-refractivity contribution in [1.82, 2.24) is 5.32 Å². The van der Waals surface area contributed by atoms with Crippen LogP contribution >= 0.6 is 0 Å². The number of carbonyl (C=O) groups excluding carboxylic acids is 1. The molecule has 102 valence electrons. The maximum Gasteiger partial charge on any atom is 0.261 e. The smallest absolute Gasteiger partial charge is 0.261 e. The number of nitrogens with one attached hydrogen (secondary N) is 1. The molecule has 0 bridgehead atoms. The Morgan fingerprint density at radius 3 is 2.79 bits per heavy atom. The molecule has 1 aromatic rings. The molecule has 2 atom stereocenters. The Labute approximate surface area is 114 Å². The summed E-state index contributed by atoms with van der Waals surface area (Å²) in [5, 5.41) is 2.58. The van der Waals surface area contributed by atoms with E-state index in [1.807, 2.05) is 32.0 Å². The van der Waals surface area contributed by atoms with Gasteiger partial charge in [-0.1, -0.05) is 23.6 Å². The lowest BCUT2D eigenvalue weighted by atomic mass is 10.1. The van der Waals surface area contributed by atoms with E-state index in [4.69, 9.17) is 16.9 Å². The third-order valence-electron chi connectivity index (χ3n) is 2.69. The number of ether oxygens (including phenoxy) is 1. The van der Waals surface area contributed by atoms with Gasteiger partial charge in [0.2, 0.25) is 0 Å². The van der Waals surface area contributed by atoms with Crippen molar-refractivity contribution in [3.05, 3.63) is 29.3 Å². The molecule has 0 saturated carbocycles. The third kappa shape index (κ3) is 4.31. The standard InChI is InChI=1S/C15H20N2O2/c1-5-8-17-15(18)12(4)19-14-7-6-10(2)9-13(14)11(3)16/h1,6-7,9,11-12H,8,16H2,2-4H3,(H,17,18). The summed E-state index contributed by atoms with van der Waals surface area (Å²) >= 11 is 0. The van der Waals surface area contributed by atoms with E-state index in [0.29, 0.717) is 5.75 Å². The lowest BCUT2D eigenvalue weighted by Crippen LogP contribution is -2.36. The Morgan fingerprint density at radius 1 is 1.53 bits per heavy atom. The Bertz CT molecular complexity index is 489. The Balaban J connectivity index is 2.82. The Kier molecular flexibility index (Phi) is 5.40. The van der Waals surface area contributed by atoms with Gasteiger partial charge >= 0.3 is 0 Å². The molecule has 0 radical (unpaired) electrons. The minimum Gasteiger partial charge on any atom is -0.481 e. The highest BCUT2D eigenvalue weighted by atomic mass is 16.5. The lowest BCUT2D eigenvalue weighted by molar-refractivity contribution is -0.127. The van der Waals surface area contributed by atoms with Crippen molar-refractivity contribution >= 4 is 5.91 Å². The van der Waals surface area contributed by atoms with Gasteiger partial charge in [-0.15, -0.1) is 6.42 Å². The van der Waals surface area contributed by atoms with E-state index in [9.17, 15) is 4.79 Å². The molecule has 1 aromatic carbocycles. The van der Waals surface area contributed by atoms with Gasteiger partial charge in [-0.25, -0.2) is 0 Å². The fourth-order valence-corrected chi connectivity index (χ4v) is 1.66. The van der Waals surface area contributed by atoms with Crippen LogP contribution in [0, 0.1) is 19.3 Å². The Hall–Kier alpha value is -1.99. The van der Waals surface area contributed by atoms with E-state index >= 15 is 0 Å². The summed E-state index contributed by atoms with van der Waals surface area (Å²) in [5.41, 5.74) is 7.90. The van der Waals surface area contributed by atoms with Crippen LogP contribution in [-0.4, -0.2) is 18.6 Å². The van der Waals surface area contributed by atoms with Crippen LogP contribution in [-0.2, 0) is 4.79 Å². The van der Waals surface area contributed by atoms with Crippen LogP contribution in [0.4, 0.5) is 0 Å². The fraction of sp³-hybridized carbons (Fsp3) is 0.400. The van der Waals surface area contributed by atoms with Crippen molar-refractivity contribution in [2.45, 2.75) is 32.9 Å². The summed E-state index contributed by atoms with van der Waals surface area (Å²) in [6.45, 7) is 5.74. The molecule has 0 aromatic heterocycles. The molecular weight excluding hydrogens is 240 g/mol. The molecule has 1 rings (SSSR count). The summed E-state index contributed by atoms with van der Waals surface area (Å²) in [6, 6.07) is 5.56. The molecule has 0 aliphatic carbocycles. The first kappa shape index (κ1) is 15.1. The van der Waals surface area contributed by atoms with Gasteiger partial charge in [-0.3, -0.25) is 4.79 Å². The van der Waals surface area contributed by atoms with E-state index in [1.54, 1.807) is 6.92 Å². The average Bonchev–Trinajstić information content (AvgIpc) is 2.37. The van der Waals surface area contributed by atoms with Crippen molar-refractivity contribution in [2.75, 3.05) is 6.54 Å². The highest BCUT2D eigenvalue weighted by Gasteiger charge is 2.16. The first-order chi connectivity index (χ1) is 8.95. The molecule has 0 aliphatic rings. The molecule has 0 fully saturated rings. The predicted octanol–water partition coefficient (Wildman–Crippen LogP) is 1.53. The first-order valence-corrected chi connectivity index (χ1v) is 6.19. The minimum atomic E-state index is -0.617. The molecular formula is C15H20N2O2. The van der Waals surface area contributed by atoms with Gasteiger partial charge in [-0.05, 0) is 26.8 Å². The molecule has 0 spiro atoms. The van der Waals surface area contributed by atoms with Gasteiger partial charge in [0.1, 0.15) is 5.75 Å². The molecule has 4 heteroatoms. The topological polar surface area (TPSA) is 64.3 Å². The second-order valence-corrected chi connectivity index (χ2v) is 4.51. The second-order valence-electron chi connectivity index (χ2n) is 4.51. The van der Waals surface area contributed by atoms with Crippen molar-refractivity contribution < 1.29 is 9.53 Å². The second kappa shape index (κ2) is 6.81. The lowest BCUT2D eigenvalue weighted by Gasteiger charge is -2.18. The first-order valence-electron chi connectivity index (χ1n) is 6.19. The molecule has 4 nitrogen and oxygen atoms in total. The fourth-order valence-electron chi connectivity index (χ4n) is 1.66. The SMILES string of the molecule is C#CCNC(=O)C(C)Oc1ccc(C)cc1C(C)N. The molecule has 3 N–H and O–H groups in total. The van der Waals surface area contributed by atoms with Crippen LogP contribution in [0.15, 0.2) is 18.2 Å². The van der Waals surface area contributed by atoms with Gasteiger partial charge in [0.15, 0.2) is 6.10 Å². The number of rotatable bonds is 5. The van der Waals surface area contributed by atoms with Crippen LogP contribution in [0.5, 0.6) is 5.75 Å². The predicted molar refractivity (Wildman–Crippen MR) is 75.7 cm³/mol. The van der Waals surface area contributed by atoms with Crippen LogP contribution in [0.1, 0.15) is 31.0 Å². The number of aryl methyl sites for hydroxylation is 1. The largest absolute Gasteiger partial charge is 0.481 e. The van der Waals surface area contributed by atoms with Crippen molar-refractivity contribution in [1.29, 1.82) is 0 Å². The average molecular weight is 260 g/mol. The van der Waals surface area contributed by atoms with Crippen LogP contribution in [0.3, 0.4) is 0 Å². The van der Waals surface area contributed by atoms with Gasteiger partial charge in [0.05, 0.1) is 6.54 Å². The third-order valence-corrected chi connectivity index (χ3v) is 2.69. The molecule has 1 amide bonds. The summed E-state index contributed by atoms with van der Waals surface area (Å²) in [7, 11) is 0. The van der Waals surface area contributed by atoms with E-state index in [2.05, 4.69) is 11.2 Å². The van der Waals surface area contributed by atoms with E-state index in [1.165, 1.54) is 0 Å².